The lowest BCUT2D eigenvalue weighted by Crippen LogP contribution is -2.02. The van der Waals surface area contributed by atoms with Gasteiger partial charge in [0.15, 0.2) is 0 Å². The van der Waals surface area contributed by atoms with E-state index in [0.29, 0.717) is 11.8 Å². The van der Waals surface area contributed by atoms with Crippen molar-refractivity contribution in [2.75, 3.05) is 0 Å². The molecule has 0 N–H and O–H groups in total. The molecule has 3 rings (SSSR count). The minimum atomic E-state index is 0.480. The minimum Gasteiger partial charge on any atom is -0.334 e. The van der Waals surface area contributed by atoms with Crippen molar-refractivity contribution in [3.63, 3.8) is 0 Å². The highest BCUT2D eigenvalue weighted by atomic mass is 15.0. The molecule has 2 nitrogen and oxygen atoms in total. The van der Waals surface area contributed by atoms with Crippen LogP contribution in [0.15, 0.2) is 54.9 Å². The third kappa shape index (κ3) is 2.89. The van der Waals surface area contributed by atoms with Gasteiger partial charge in [0.05, 0.1) is 0 Å². The third-order valence-corrected chi connectivity index (χ3v) is 4.63. The average molecular weight is 318 g/mol. The van der Waals surface area contributed by atoms with Gasteiger partial charge in [-0.05, 0) is 34.1 Å². The van der Waals surface area contributed by atoms with Gasteiger partial charge in [0.1, 0.15) is 5.82 Å². The fourth-order valence-corrected chi connectivity index (χ4v) is 3.38. The number of aryl methyl sites for hydroxylation is 1. The molecule has 0 amide bonds. The molecule has 0 atom stereocenters. The maximum atomic E-state index is 4.58. The van der Waals surface area contributed by atoms with E-state index in [2.05, 4.69) is 86.8 Å². The molecule has 24 heavy (non-hydrogen) atoms. The van der Waals surface area contributed by atoms with E-state index in [1.165, 1.54) is 27.8 Å². The van der Waals surface area contributed by atoms with Crippen LogP contribution in [0, 0.1) is 0 Å². The van der Waals surface area contributed by atoms with E-state index in [-0.39, 0.29) is 0 Å². The van der Waals surface area contributed by atoms with Crippen molar-refractivity contribution in [3.05, 3.63) is 66.0 Å². The van der Waals surface area contributed by atoms with Crippen molar-refractivity contribution in [3.8, 4) is 22.5 Å². The Labute approximate surface area is 145 Å². The molecule has 1 aromatic heterocycles. The highest BCUT2D eigenvalue weighted by molar-refractivity contribution is 5.84. The van der Waals surface area contributed by atoms with Gasteiger partial charge in [-0.3, -0.25) is 0 Å². The molecule has 0 aliphatic heterocycles. The summed E-state index contributed by atoms with van der Waals surface area (Å²) in [6.07, 6.45) is 3.87. The second kappa shape index (κ2) is 6.64. The van der Waals surface area contributed by atoms with Gasteiger partial charge < -0.3 is 4.57 Å². The summed E-state index contributed by atoms with van der Waals surface area (Å²) in [5, 5.41) is 0. The van der Waals surface area contributed by atoms with E-state index in [0.717, 1.165) is 5.82 Å². The van der Waals surface area contributed by atoms with Gasteiger partial charge >= 0.3 is 0 Å². The van der Waals surface area contributed by atoms with Crippen LogP contribution in [0.5, 0.6) is 0 Å². The number of hydrogen-bond donors (Lipinski definition) is 0. The average Bonchev–Trinajstić information content (AvgIpc) is 3.00. The second-order valence-electron chi connectivity index (χ2n) is 7.03. The molecule has 124 valence electrons. The van der Waals surface area contributed by atoms with Crippen LogP contribution < -0.4 is 0 Å². The number of aromatic nitrogens is 2. The molecule has 3 aromatic rings. The van der Waals surface area contributed by atoms with Gasteiger partial charge in [-0.25, -0.2) is 4.98 Å². The Morgan fingerprint density at radius 3 is 1.88 bits per heavy atom. The summed E-state index contributed by atoms with van der Waals surface area (Å²) in [6.45, 7) is 9.08. The lowest BCUT2D eigenvalue weighted by atomic mass is 9.83. The van der Waals surface area contributed by atoms with Crippen LogP contribution in [0.25, 0.3) is 22.5 Å². The summed E-state index contributed by atoms with van der Waals surface area (Å²) in [6, 6.07) is 15.4. The zero-order valence-electron chi connectivity index (χ0n) is 15.2. The van der Waals surface area contributed by atoms with Crippen molar-refractivity contribution >= 4 is 0 Å². The summed E-state index contributed by atoms with van der Waals surface area (Å²) in [5.41, 5.74) is 6.66. The number of imidazole rings is 1. The first-order valence-corrected chi connectivity index (χ1v) is 8.70. The van der Waals surface area contributed by atoms with Crippen LogP contribution in [0.4, 0.5) is 0 Å². The van der Waals surface area contributed by atoms with Crippen LogP contribution >= 0.6 is 0 Å². The Morgan fingerprint density at radius 2 is 1.38 bits per heavy atom. The molecular weight excluding hydrogens is 292 g/mol. The number of hydrogen-bond acceptors (Lipinski definition) is 1. The Hall–Kier alpha value is -2.35. The molecule has 0 bridgehead atoms. The molecule has 2 aromatic carbocycles. The Morgan fingerprint density at radius 1 is 0.792 bits per heavy atom. The predicted molar refractivity (Wildman–Crippen MR) is 102 cm³/mol. The topological polar surface area (TPSA) is 17.8 Å². The molecule has 0 saturated heterocycles. The highest BCUT2D eigenvalue weighted by Crippen LogP contribution is 2.40. The Kier molecular flexibility index (Phi) is 4.57. The lowest BCUT2D eigenvalue weighted by Gasteiger charge is -2.22. The molecule has 0 unspecified atom stereocenters. The normalized spacial score (nSPS) is 11.5. The third-order valence-electron chi connectivity index (χ3n) is 4.63. The maximum Gasteiger partial charge on any atom is 0.140 e. The van der Waals surface area contributed by atoms with Gasteiger partial charge in [0.2, 0.25) is 0 Å². The van der Waals surface area contributed by atoms with Crippen molar-refractivity contribution in [1.82, 2.24) is 9.55 Å². The van der Waals surface area contributed by atoms with Crippen molar-refractivity contribution < 1.29 is 0 Å². The van der Waals surface area contributed by atoms with Gasteiger partial charge in [-0.15, -0.1) is 0 Å². The fourth-order valence-electron chi connectivity index (χ4n) is 3.38. The largest absolute Gasteiger partial charge is 0.334 e. The zero-order chi connectivity index (χ0) is 17.3. The predicted octanol–water partition coefficient (Wildman–Crippen LogP) is 6.00. The first kappa shape index (κ1) is 16.5. The van der Waals surface area contributed by atoms with Crippen LogP contribution in [-0.4, -0.2) is 9.55 Å². The molecule has 0 fully saturated rings. The summed E-state index contributed by atoms with van der Waals surface area (Å²) in [4.78, 5) is 4.58. The fraction of sp³-hybridized carbons (Fsp3) is 0.318. The molecule has 2 heteroatoms. The first-order chi connectivity index (χ1) is 11.5. The Balaban J connectivity index is 2.33. The van der Waals surface area contributed by atoms with E-state index >= 15 is 0 Å². The summed E-state index contributed by atoms with van der Waals surface area (Å²) < 4.78 is 2.09. The monoisotopic (exact) mass is 318 g/mol. The molecule has 0 spiro atoms. The quantitative estimate of drug-likeness (QED) is 0.577. The molecule has 0 radical (unpaired) electrons. The minimum absolute atomic E-state index is 0.480. The number of nitrogens with zero attached hydrogens (tertiary/aromatic N) is 2. The smallest absolute Gasteiger partial charge is 0.140 e. The van der Waals surface area contributed by atoms with Crippen molar-refractivity contribution in [2.45, 2.75) is 39.5 Å². The highest BCUT2D eigenvalue weighted by Gasteiger charge is 2.19. The first-order valence-electron chi connectivity index (χ1n) is 8.70. The van der Waals surface area contributed by atoms with Gasteiger partial charge in [0.25, 0.3) is 0 Å². The Bertz CT molecular complexity index is 814. The number of rotatable bonds is 4. The number of benzene rings is 2. The summed E-state index contributed by atoms with van der Waals surface area (Å²) in [7, 11) is 2.05. The lowest BCUT2D eigenvalue weighted by molar-refractivity contribution is 0.838. The second-order valence-corrected chi connectivity index (χ2v) is 7.03. The van der Waals surface area contributed by atoms with Crippen molar-refractivity contribution in [1.29, 1.82) is 0 Å². The van der Waals surface area contributed by atoms with E-state index < -0.39 is 0 Å². The summed E-state index contributed by atoms with van der Waals surface area (Å²) in [5.74, 6) is 1.97. The van der Waals surface area contributed by atoms with Crippen molar-refractivity contribution in [2.24, 2.45) is 7.05 Å². The standard InChI is InChI=1S/C22H26N2/c1-15(2)17-11-8-12-18(16(3)4)21(17)19-9-6-7-10-20(19)22-23-13-14-24(22)5/h6-16H,1-5H3. The van der Waals surface area contributed by atoms with Gasteiger partial charge in [-0.1, -0.05) is 70.2 Å². The molecule has 0 saturated carbocycles. The van der Waals surface area contributed by atoms with Gasteiger partial charge in [0, 0.05) is 25.0 Å². The van der Waals surface area contributed by atoms with Crippen LogP contribution in [0.1, 0.15) is 50.7 Å². The molecule has 0 aliphatic carbocycles. The van der Waals surface area contributed by atoms with Crippen LogP contribution in [-0.2, 0) is 7.05 Å². The molecule has 0 aliphatic rings. The van der Waals surface area contributed by atoms with Crippen LogP contribution in [0.3, 0.4) is 0 Å². The molecular formula is C22H26N2. The van der Waals surface area contributed by atoms with E-state index in [1.807, 2.05) is 12.4 Å². The summed E-state index contributed by atoms with van der Waals surface area (Å²) >= 11 is 0. The van der Waals surface area contributed by atoms with Crippen LogP contribution in [0.2, 0.25) is 0 Å². The zero-order valence-corrected chi connectivity index (χ0v) is 15.2. The van der Waals surface area contributed by atoms with E-state index in [9.17, 15) is 0 Å². The van der Waals surface area contributed by atoms with E-state index in [1.54, 1.807) is 0 Å². The maximum absolute atomic E-state index is 4.58. The molecule has 1 heterocycles. The SMILES string of the molecule is CC(C)c1cccc(C(C)C)c1-c1ccccc1-c1nccn1C. The van der Waals surface area contributed by atoms with Gasteiger partial charge in [-0.2, -0.15) is 0 Å². The van der Waals surface area contributed by atoms with E-state index in [4.69, 9.17) is 0 Å².